The average molecular weight is 488 g/mol. The number of fused-ring (bicyclic) bond motifs is 1. The lowest BCUT2D eigenvalue weighted by molar-refractivity contribution is -0.119. The monoisotopic (exact) mass is 487 g/mol. The van der Waals surface area contributed by atoms with Gasteiger partial charge in [0.25, 0.3) is 0 Å². The van der Waals surface area contributed by atoms with E-state index in [2.05, 4.69) is 5.32 Å². The van der Waals surface area contributed by atoms with E-state index in [-0.39, 0.29) is 23.4 Å². The number of sulfonamides is 1. The Morgan fingerprint density at radius 1 is 1.09 bits per heavy atom. The van der Waals surface area contributed by atoms with E-state index in [0.29, 0.717) is 36.4 Å². The fraction of sp³-hybridized carbons (Fsp3) is 0.417. The Hall–Kier alpha value is -3.11. The number of amides is 2. The van der Waals surface area contributed by atoms with Crippen LogP contribution in [0.2, 0.25) is 0 Å². The summed E-state index contributed by atoms with van der Waals surface area (Å²) in [6, 6.07) is 8.96. The largest absolute Gasteiger partial charge is 0.497 e. The molecule has 1 fully saturated rings. The molecule has 2 atom stereocenters. The van der Waals surface area contributed by atoms with E-state index >= 15 is 0 Å². The van der Waals surface area contributed by atoms with Gasteiger partial charge in [-0.25, -0.2) is 8.42 Å². The SMILES string of the molecule is COc1ccc(OC)c(NC(=O)[C@H]2CCCN2S(=O)(=O)c2ccc3c(c2)C[C@H](C)N3C(C)=O)c1. The van der Waals surface area contributed by atoms with Crippen LogP contribution in [0.5, 0.6) is 11.5 Å². The Morgan fingerprint density at radius 3 is 2.53 bits per heavy atom. The van der Waals surface area contributed by atoms with Crippen molar-refractivity contribution < 1.29 is 27.5 Å². The molecule has 2 aliphatic rings. The van der Waals surface area contributed by atoms with Crippen molar-refractivity contribution >= 4 is 33.2 Å². The maximum absolute atomic E-state index is 13.5. The number of benzene rings is 2. The topological polar surface area (TPSA) is 105 Å². The molecule has 0 bridgehead atoms. The second kappa shape index (κ2) is 9.27. The summed E-state index contributed by atoms with van der Waals surface area (Å²) in [5.74, 6) is 0.486. The van der Waals surface area contributed by atoms with E-state index in [0.717, 1.165) is 11.3 Å². The third-order valence-electron chi connectivity index (χ3n) is 6.38. The first-order chi connectivity index (χ1) is 16.2. The van der Waals surface area contributed by atoms with Gasteiger partial charge in [0.1, 0.15) is 17.5 Å². The van der Waals surface area contributed by atoms with Crippen molar-refractivity contribution in [2.45, 2.75) is 50.1 Å². The molecule has 2 heterocycles. The third-order valence-corrected chi connectivity index (χ3v) is 8.29. The van der Waals surface area contributed by atoms with E-state index in [9.17, 15) is 18.0 Å². The highest BCUT2D eigenvalue weighted by Crippen LogP contribution is 2.36. The van der Waals surface area contributed by atoms with Gasteiger partial charge in [-0.05, 0) is 62.1 Å². The lowest BCUT2D eigenvalue weighted by atomic mass is 10.1. The molecule has 1 N–H and O–H groups in total. The maximum Gasteiger partial charge on any atom is 0.243 e. The van der Waals surface area contributed by atoms with Gasteiger partial charge in [0.2, 0.25) is 21.8 Å². The van der Waals surface area contributed by atoms with Crippen LogP contribution in [0, 0.1) is 0 Å². The molecule has 0 unspecified atom stereocenters. The number of methoxy groups -OCH3 is 2. The standard InChI is InChI=1S/C24H29N3O6S/c1-15-12-17-13-19(8-9-21(17)27(15)16(2)28)34(30,31)26-11-5-6-22(26)24(29)25-20-14-18(32-3)7-10-23(20)33-4/h7-10,13-15,22H,5-6,11-12H2,1-4H3,(H,25,29)/t15-,22+/m0/s1. The number of carbonyl (C=O) groups is 2. The molecule has 4 rings (SSSR count). The summed E-state index contributed by atoms with van der Waals surface area (Å²) < 4.78 is 38.9. The molecule has 2 aromatic carbocycles. The molecule has 0 aromatic heterocycles. The smallest absolute Gasteiger partial charge is 0.243 e. The highest BCUT2D eigenvalue weighted by Gasteiger charge is 2.40. The van der Waals surface area contributed by atoms with Gasteiger partial charge in [-0.3, -0.25) is 9.59 Å². The Kier molecular flexibility index (Phi) is 6.55. The van der Waals surface area contributed by atoms with Gasteiger partial charge >= 0.3 is 0 Å². The minimum Gasteiger partial charge on any atom is -0.497 e. The first-order valence-corrected chi connectivity index (χ1v) is 12.6. The average Bonchev–Trinajstić information content (AvgIpc) is 3.43. The Labute approximate surface area is 199 Å². The van der Waals surface area contributed by atoms with Crippen molar-refractivity contribution in [2.75, 3.05) is 31.0 Å². The van der Waals surface area contributed by atoms with Gasteiger partial charge in [-0.2, -0.15) is 4.31 Å². The van der Waals surface area contributed by atoms with Crippen molar-refractivity contribution in [2.24, 2.45) is 0 Å². The zero-order valence-electron chi connectivity index (χ0n) is 19.7. The molecule has 2 amide bonds. The highest BCUT2D eigenvalue weighted by atomic mass is 32.2. The molecule has 34 heavy (non-hydrogen) atoms. The van der Waals surface area contributed by atoms with Gasteiger partial charge in [-0.15, -0.1) is 0 Å². The van der Waals surface area contributed by atoms with E-state index in [1.807, 2.05) is 6.92 Å². The number of ether oxygens (including phenoxy) is 2. The summed E-state index contributed by atoms with van der Waals surface area (Å²) in [6.45, 7) is 3.69. The zero-order valence-corrected chi connectivity index (χ0v) is 20.5. The van der Waals surface area contributed by atoms with Crippen LogP contribution in [0.3, 0.4) is 0 Å². The lowest BCUT2D eigenvalue weighted by Crippen LogP contribution is -2.43. The predicted molar refractivity (Wildman–Crippen MR) is 128 cm³/mol. The van der Waals surface area contributed by atoms with Crippen molar-refractivity contribution in [1.82, 2.24) is 4.31 Å². The summed E-state index contributed by atoms with van der Waals surface area (Å²) in [5, 5.41) is 2.80. The van der Waals surface area contributed by atoms with Crippen LogP contribution in [-0.2, 0) is 26.0 Å². The van der Waals surface area contributed by atoms with Crippen LogP contribution in [0.1, 0.15) is 32.3 Å². The van der Waals surface area contributed by atoms with Crippen LogP contribution >= 0.6 is 0 Å². The molecule has 0 aliphatic carbocycles. The molecule has 182 valence electrons. The minimum absolute atomic E-state index is 0.0337. The van der Waals surface area contributed by atoms with E-state index in [1.54, 1.807) is 35.2 Å². The molecule has 1 saturated heterocycles. The molecule has 9 nitrogen and oxygen atoms in total. The Bertz CT molecular complexity index is 1230. The van der Waals surface area contributed by atoms with Crippen LogP contribution < -0.4 is 19.7 Å². The van der Waals surface area contributed by atoms with Crippen molar-refractivity contribution in [3.63, 3.8) is 0 Å². The van der Waals surface area contributed by atoms with Crippen LogP contribution in [0.25, 0.3) is 0 Å². The van der Waals surface area contributed by atoms with Gasteiger partial charge in [0, 0.05) is 31.3 Å². The van der Waals surface area contributed by atoms with E-state index < -0.39 is 22.0 Å². The molecule has 0 radical (unpaired) electrons. The van der Waals surface area contributed by atoms with Crippen LogP contribution in [-0.4, -0.2) is 57.4 Å². The summed E-state index contributed by atoms with van der Waals surface area (Å²) in [4.78, 5) is 27.0. The lowest BCUT2D eigenvalue weighted by Gasteiger charge is -2.24. The first-order valence-electron chi connectivity index (χ1n) is 11.1. The summed E-state index contributed by atoms with van der Waals surface area (Å²) >= 11 is 0. The number of nitrogens with one attached hydrogen (secondary N) is 1. The first kappa shape index (κ1) is 24.0. The number of nitrogens with zero attached hydrogens (tertiary/aromatic N) is 2. The van der Waals surface area contributed by atoms with Crippen LogP contribution in [0.15, 0.2) is 41.3 Å². The highest BCUT2D eigenvalue weighted by molar-refractivity contribution is 7.89. The molecule has 0 spiro atoms. The molecular formula is C24H29N3O6S. The molecule has 10 heteroatoms. The van der Waals surface area contributed by atoms with Crippen molar-refractivity contribution in [3.05, 3.63) is 42.0 Å². The van der Waals surface area contributed by atoms with E-state index in [4.69, 9.17) is 9.47 Å². The zero-order chi connectivity index (χ0) is 24.6. The molecule has 2 aromatic rings. The fourth-order valence-corrected chi connectivity index (χ4v) is 6.51. The van der Waals surface area contributed by atoms with Gasteiger partial charge in [-0.1, -0.05) is 0 Å². The number of carbonyl (C=O) groups excluding carboxylic acids is 2. The molecular weight excluding hydrogens is 458 g/mol. The summed E-state index contributed by atoms with van der Waals surface area (Å²) in [5.41, 5.74) is 1.96. The third kappa shape index (κ3) is 4.23. The van der Waals surface area contributed by atoms with E-state index in [1.165, 1.54) is 31.5 Å². The molecule has 0 saturated carbocycles. The van der Waals surface area contributed by atoms with Crippen molar-refractivity contribution in [3.8, 4) is 11.5 Å². The number of rotatable bonds is 6. The number of hydrogen-bond donors (Lipinski definition) is 1. The Balaban J connectivity index is 1.59. The maximum atomic E-state index is 13.5. The van der Waals surface area contributed by atoms with Crippen LogP contribution in [0.4, 0.5) is 11.4 Å². The number of anilines is 2. The fourth-order valence-electron chi connectivity index (χ4n) is 4.80. The van der Waals surface area contributed by atoms with Crippen molar-refractivity contribution in [1.29, 1.82) is 0 Å². The quantitative estimate of drug-likeness (QED) is 0.672. The second-order valence-corrected chi connectivity index (χ2v) is 10.5. The minimum atomic E-state index is -3.92. The molecule has 2 aliphatic heterocycles. The summed E-state index contributed by atoms with van der Waals surface area (Å²) in [7, 11) is -0.906. The van der Waals surface area contributed by atoms with Gasteiger partial charge < -0.3 is 19.7 Å². The second-order valence-electron chi connectivity index (χ2n) is 8.56. The number of hydrogen-bond acceptors (Lipinski definition) is 6. The normalized spacial score (nSPS) is 20.2. The predicted octanol–water partition coefficient (Wildman–Crippen LogP) is 2.79. The Morgan fingerprint density at radius 2 is 1.85 bits per heavy atom. The summed E-state index contributed by atoms with van der Waals surface area (Å²) in [6.07, 6.45) is 1.57. The van der Waals surface area contributed by atoms with Gasteiger partial charge in [0.05, 0.1) is 24.8 Å². The van der Waals surface area contributed by atoms with Gasteiger partial charge in [0.15, 0.2) is 0 Å².